The SMILES string of the molecule is COc1cc2c(cc1C(C)S(=O)(=O)[O-])C(=O)C(Cc1ncccc1C(F)(F)F)C2. The highest BCUT2D eigenvalue weighted by Gasteiger charge is 2.38. The number of pyridine rings is 1. The normalized spacial score (nSPS) is 17.9. The summed E-state index contributed by atoms with van der Waals surface area (Å²) in [5.74, 6) is -1.06. The molecule has 0 spiro atoms. The maximum atomic E-state index is 13.2. The van der Waals surface area contributed by atoms with E-state index in [4.69, 9.17) is 4.74 Å². The van der Waals surface area contributed by atoms with Gasteiger partial charge in [-0.2, -0.15) is 13.2 Å². The molecule has 1 aromatic heterocycles. The van der Waals surface area contributed by atoms with Gasteiger partial charge in [0.2, 0.25) is 0 Å². The van der Waals surface area contributed by atoms with Crippen LogP contribution in [-0.4, -0.2) is 30.8 Å². The van der Waals surface area contributed by atoms with Gasteiger partial charge < -0.3 is 9.29 Å². The van der Waals surface area contributed by atoms with Crippen molar-refractivity contribution in [1.29, 1.82) is 0 Å². The summed E-state index contributed by atoms with van der Waals surface area (Å²) in [4.78, 5) is 16.6. The summed E-state index contributed by atoms with van der Waals surface area (Å²) in [6.45, 7) is 1.19. The number of benzene rings is 1. The molecule has 0 bridgehead atoms. The predicted molar refractivity (Wildman–Crippen MR) is 95.6 cm³/mol. The van der Waals surface area contributed by atoms with Crippen molar-refractivity contribution in [2.45, 2.75) is 31.2 Å². The zero-order chi connectivity index (χ0) is 21.6. The Morgan fingerprint density at radius 3 is 2.62 bits per heavy atom. The minimum atomic E-state index is -4.68. The number of methoxy groups -OCH3 is 1. The third-order valence-corrected chi connectivity index (χ3v) is 6.18. The number of halogens is 3. The molecule has 2 atom stereocenters. The highest BCUT2D eigenvalue weighted by Crippen LogP contribution is 2.39. The Morgan fingerprint density at radius 1 is 1.34 bits per heavy atom. The molecule has 2 unspecified atom stereocenters. The molecule has 6 nitrogen and oxygen atoms in total. The van der Waals surface area contributed by atoms with Gasteiger partial charge in [-0.3, -0.25) is 9.78 Å². The first kappa shape index (κ1) is 21.3. The van der Waals surface area contributed by atoms with Gasteiger partial charge in [-0.05, 0) is 43.2 Å². The van der Waals surface area contributed by atoms with Crippen molar-refractivity contribution in [3.63, 3.8) is 0 Å². The van der Waals surface area contributed by atoms with E-state index in [-0.39, 0.29) is 35.4 Å². The molecule has 1 heterocycles. The van der Waals surface area contributed by atoms with E-state index < -0.39 is 38.8 Å². The van der Waals surface area contributed by atoms with Gasteiger partial charge in [-0.1, -0.05) is 0 Å². The minimum absolute atomic E-state index is 0.0454. The number of ketones is 1. The second-order valence-electron chi connectivity index (χ2n) is 6.85. The summed E-state index contributed by atoms with van der Waals surface area (Å²) in [5.41, 5.74) is -0.364. The molecule has 1 aliphatic rings. The predicted octanol–water partition coefficient (Wildman–Crippen LogP) is 3.31. The van der Waals surface area contributed by atoms with Crippen LogP contribution < -0.4 is 4.74 Å². The van der Waals surface area contributed by atoms with E-state index in [0.29, 0.717) is 5.56 Å². The third-order valence-electron chi connectivity index (χ3n) is 5.06. The van der Waals surface area contributed by atoms with Gasteiger partial charge in [0.1, 0.15) is 15.9 Å². The van der Waals surface area contributed by atoms with E-state index in [1.807, 2.05) is 0 Å². The number of hydrogen-bond donors (Lipinski definition) is 0. The molecule has 0 N–H and O–H groups in total. The number of aromatic nitrogens is 1. The largest absolute Gasteiger partial charge is 0.747 e. The van der Waals surface area contributed by atoms with Crippen LogP contribution in [0.3, 0.4) is 0 Å². The molecular weight excluding hydrogens is 411 g/mol. The molecule has 0 saturated heterocycles. The van der Waals surface area contributed by atoms with Crippen LogP contribution in [0.25, 0.3) is 0 Å². The van der Waals surface area contributed by atoms with Crippen LogP contribution in [0, 0.1) is 5.92 Å². The average Bonchev–Trinajstić information content (AvgIpc) is 2.93. The van der Waals surface area contributed by atoms with Crippen LogP contribution in [0.15, 0.2) is 30.5 Å². The molecular formula is C19H17F3NO5S-. The lowest BCUT2D eigenvalue weighted by Gasteiger charge is -2.20. The van der Waals surface area contributed by atoms with Gasteiger partial charge in [-0.25, -0.2) is 8.42 Å². The van der Waals surface area contributed by atoms with E-state index in [0.717, 1.165) is 6.07 Å². The number of hydrogen-bond acceptors (Lipinski definition) is 6. The van der Waals surface area contributed by atoms with E-state index in [1.54, 1.807) is 0 Å². The highest BCUT2D eigenvalue weighted by atomic mass is 32.2. The fraction of sp³-hybridized carbons (Fsp3) is 0.368. The van der Waals surface area contributed by atoms with Gasteiger partial charge in [0, 0.05) is 29.7 Å². The van der Waals surface area contributed by atoms with Crippen molar-refractivity contribution >= 4 is 15.9 Å². The number of alkyl halides is 3. The first-order chi connectivity index (χ1) is 13.4. The van der Waals surface area contributed by atoms with Crippen LogP contribution in [0.5, 0.6) is 5.75 Å². The Hall–Kier alpha value is -2.46. The molecule has 0 saturated carbocycles. The number of carbonyl (C=O) groups is 1. The fourth-order valence-electron chi connectivity index (χ4n) is 3.52. The smallest absolute Gasteiger partial charge is 0.418 e. The number of fused-ring (bicyclic) bond motifs is 1. The second-order valence-corrected chi connectivity index (χ2v) is 8.54. The van der Waals surface area contributed by atoms with E-state index in [9.17, 15) is 30.9 Å². The number of nitrogens with zero attached hydrogens (tertiary/aromatic N) is 1. The van der Waals surface area contributed by atoms with Crippen LogP contribution in [0.2, 0.25) is 0 Å². The highest BCUT2D eigenvalue weighted by molar-refractivity contribution is 7.85. The van der Waals surface area contributed by atoms with Crippen molar-refractivity contribution in [3.05, 3.63) is 58.4 Å². The van der Waals surface area contributed by atoms with Gasteiger partial charge in [0.05, 0.1) is 23.6 Å². The topological polar surface area (TPSA) is 96.4 Å². The summed E-state index contributed by atoms with van der Waals surface area (Å²) in [6, 6.07) is 4.85. The maximum Gasteiger partial charge on any atom is 0.418 e. The molecule has 0 amide bonds. The lowest BCUT2D eigenvalue weighted by atomic mass is 9.96. The van der Waals surface area contributed by atoms with Crippen molar-refractivity contribution in [2.75, 3.05) is 7.11 Å². The Bertz CT molecular complexity index is 1070. The molecule has 156 valence electrons. The quantitative estimate of drug-likeness (QED) is 0.678. The van der Waals surface area contributed by atoms with Gasteiger partial charge in [0.15, 0.2) is 5.78 Å². The summed E-state index contributed by atoms with van der Waals surface area (Å²) in [5, 5.41) is -1.44. The Morgan fingerprint density at radius 2 is 2.03 bits per heavy atom. The van der Waals surface area contributed by atoms with E-state index >= 15 is 0 Å². The Kier molecular flexibility index (Phi) is 5.44. The van der Waals surface area contributed by atoms with E-state index in [1.165, 1.54) is 38.4 Å². The number of ether oxygens (including phenoxy) is 1. The zero-order valence-electron chi connectivity index (χ0n) is 15.5. The first-order valence-electron chi connectivity index (χ1n) is 8.64. The summed E-state index contributed by atoms with van der Waals surface area (Å²) in [7, 11) is -3.39. The number of carbonyl (C=O) groups excluding carboxylic acids is 1. The second kappa shape index (κ2) is 7.42. The zero-order valence-corrected chi connectivity index (χ0v) is 16.3. The van der Waals surface area contributed by atoms with Crippen molar-refractivity contribution in [1.82, 2.24) is 4.98 Å². The van der Waals surface area contributed by atoms with Crippen molar-refractivity contribution in [3.8, 4) is 5.75 Å². The maximum absolute atomic E-state index is 13.2. The van der Waals surface area contributed by atoms with Crippen molar-refractivity contribution in [2.24, 2.45) is 5.92 Å². The van der Waals surface area contributed by atoms with Crippen LogP contribution in [0.4, 0.5) is 13.2 Å². The monoisotopic (exact) mass is 428 g/mol. The standard InChI is InChI=1S/C19H18F3NO5S/c1-10(29(25,26)27)13-9-14-11(8-17(13)28-2)6-12(18(14)24)7-16-15(19(20,21)22)4-3-5-23-16/h3-5,8-10,12H,6-7H2,1-2H3,(H,25,26,27)/p-1. The van der Waals surface area contributed by atoms with Gasteiger partial charge >= 0.3 is 6.18 Å². The summed E-state index contributed by atoms with van der Waals surface area (Å²) >= 11 is 0. The molecule has 10 heteroatoms. The molecule has 3 rings (SSSR count). The van der Waals surface area contributed by atoms with E-state index in [2.05, 4.69) is 4.98 Å². The third kappa shape index (κ3) is 4.13. The number of rotatable bonds is 5. The van der Waals surface area contributed by atoms with Crippen LogP contribution in [-0.2, 0) is 29.1 Å². The Balaban J connectivity index is 1.97. The fourth-order valence-corrected chi connectivity index (χ4v) is 4.02. The molecule has 29 heavy (non-hydrogen) atoms. The van der Waals surface area contributed by atoms with Gasteiger partial charge in [-0.15, -0.1) is 0 Å². The van der Waals surface area contributed by atoms with Gasteiger partial charge in [0.25, 0.3) is 0 Å². The average molecular weight is 428 g/mol. The number of Topliss-reactive ketones (excluding diaryl/α,β-unsaturated/α-hetero) is 1. The van der Waals surface area contributed by atoms with Crippen LogP contribution >= 0.6 is 0 Å². The summed E-state index contributed by atoms with van der Waals surface area (Å²) < 4.78 is 79.0. The lowest BCUT2D eigenvalue weighted by molar-refractivity contribution is -0.138. The molecule has 1 aromatic carbocycles. The molecule has 1 aliphatic carbocycles. The molecule has 0 aliphatic heterocycles. The molecule has 0 radical (unpaired) electrons. The molecule has 2 aromatic rings. The lowest BCUT2D eigenvalue weighted by Crippen LogP contribution is -2.18. The first-order valence-corrected chi connectivity index (χ1v) is 10.1. The Labute approximate surface area is 165 Å². The van der Waals surface area contributed by atoms with Crippen LogP contribution in [0.1, 0.15) is 44.9 Å². The molecule has 0 fully saturated rings. The summed E-state index contributed by atoms with van der Waals surface area (Å²) in [6.07, 6.45) is -3.40. The van der Waals surface area contributed by atoms with Crippen molar-refractivity contribution < 1.29 is 35.7 Å². The minimum Gasteiger partial charge on any atom is -0.747 e.